The molecule has 0 saturated heterocycles. The first-order chi connectivity index (χ1) is 11.2. The second-order valence-corrected chi connectivity index (χ2v) is 7.52. The number of hydrogen-bond acceptors (Lipinski definition) is 3. The summed E-state index contributed by atoms with van der Waals surface area (Å²) in [4.78, 5) is 29.4. The largest absolute Gasteiger partial charge is 0.356 e. The molecule has 0 aliphatic heterocycles. The van der Waals surface area contributed by atoms with Crippen molar-refractivity contribution in [2.24, 2.45) is 16.7 Å². The van der Waals surface area contributed by atoms with Gasteiger partial charge in [0.1, 0.15) is 0 Å². The Morgan fingerprint density at radius 2 is 2.00 bits per heavy atom. The molecule has 1 saturated carbocycles. The molecule has 1 aromatic heterocycles. The zero-order valence-electron chi connectivity index (χ0n) is 15.4. The third-order valence-electron chi connectivity index (χ3n) is 5.97. The van der Waals surface area contributed by atoms with Crippen LogP contribution >= 0.6 is 0 Å². The number of rotatable bonds is 5. The average molecular weight is 331 g/mol. The molecule has 5 heteroatoms. The topological polar surface area (TPSA) is 71.1 Å². The SMILES string of the molecule is CCNC(=O)[C@H]1CC[C@@](C)(C(=O)NCc2ccncc2C)C1(C)C. The van der Waals surface area contributed by atoms with Crippen molar-refractivity contribution >= 4 is 11.8 Å². The van der Waals surface area contributed by atoms with E-state index in [9.17, 15) is 9.59 Å². The molecule has 2 N–H and O–H groups in total. The summed E-state index contributed by atoms with van der Waals surface area (Å²) < 4.78 is 0. The van der Waals surface area contributed by atoms with Gasteiger partial charge < -0.3 is 10.6 Å². The fourth-order valence-electron chi connectivity index (χ4n) is 3.73. The van der Waals surface area contributed by atoms with Crippen LogP contribution in [0.1, 0.15) is 51.7 Å². The summed E-state index contributed by atoms with van der Waals surface area (Å²) in [6.07, 6.45) is 5.01. The summed E-state index contributed by atoms with van der Waals surface area (Å²) in [5.41, 5.74) is 1.19. The van der Waals surface area contributed by atoms with Crippen molar-refractivity contribution in [3.05, 3.63) is 29.6 Å². The Morgan fingerprint density at radius 3 is 2.62 bits per heavy atom. The molecular weight excluding hydrogens is 302 g/mol. The Labute approximate surface area is 144 Å². The Kier molecular flexibility index (Phi) is 5.31. The highest BCUT2D eigenvalue weighted by atomic mass is 16.2. The second kappa shape index (κ2) is 6.91. The Bertz CT molecular complexity index is 627. The second-order valence-electron chi connectivity index (χ2n) is 7.52. The van der Waals surface area contributed by atoms with E-state index in [0.29, 0.717) is 13.1 Å². The highest BCUT2D eigenvalue weighted by Crippen LogP contribution is 2.56. The van der Waals surface area contributed by atoms with Crippen LogP contribution in [0.5, 0.6) is 0 Å². The van der Waals surface area contributed by atoms with Crippen molar-refractivity contribution < 1.29 is 9.59 Å². The van der Waals surface area contributed by atoms with E-state index in [1.807, 2.05) is 40.7 Å². The highest BCUT2D eigenvalue weighted by Gasteiger charge is 2.57. The van der Waals surface area contributed by atoms with Gasteiger partial charge in [-0.2, -0.15) is 0 Å². The lowest BCUT2D eigenvalue weighted by atomic mass is 9.65. The molecule has 5 nitrogen and oxygen atoms in total. The van der Waals surface area contributed by atoms with Gasteiger partial charge in [0.25, 0.3) is 0 Å². The van der Waals surface area contributed by atoms with Crippen LogP contribution in [0, 0.1) is 23.7 Å². The number of pyridine rings is 1. The van der Waals surface area contributed by atoms with Crippen molar-refractivity contribution in [2.45, 2.75) is 54.0 Å². The van der Waals surface area contributed by atoms with Crippen molar-refractivity contribution in [1.29, 1.82) is 0 Å². The van der Waals surface area contributed by atoms with Crippen LogP contribution < -0.4 is 10.6 Å². The van der Waals surface area contributed by atoms with Gasteiger partial charge in [0.05, 0.1) is 5.41 Å². The molecule has 2 amide bonds. The number of aryl methyl sites for hydroxylation is 1. The highest BCUT2D eigenvalue weighted by molar-refractivity contribution is 5.87. The zero-order valence-corrected chi connectivity index (χ0v) is 15.4. The number of amides is 2. The zero-order chi connectivity index (χ0) is 18.0. The summed E-state index contributed by atoms with van der Waals surface area (Å²) in [5, 5.41) is 5.98. The standard InChI is InChI=1S/C19H29N3O2/c1-6-21-16(23)15-7-9-19(5,18(15,3)4)17(24)22-12-14-8-10-20-11-13(14)2/h8,10-11,15H,6-7,9,12H2,1-5H3,(H,21,23)(H,22,24)/t15-,19+/m1/s1. The molecule has 0 bridgehead atoms. The van der Waals surface area contributed by atoms with Gasteiger partial charge in [-0.15, -0.1) is 0 Å². The summed E-state index contributed by atoms with van der Waals surface area (Å²) in [5.74, 6) is -0.0459. The van der Waals surface area contributed by atoms with Crippen molar-refractivity contribution in [3.8, 4) is 0 Å². The lowest BCUT2D eigenvalue weighted by Crippen LogP contribution is -2.49. The van der Waals surface area contributed by atoms with E-state index >= 15 is 0 Å². The molecule has 1 aromatic rings. The fraction of sp³-hybridized carbons (Fsp3) is 0.632. The molecule has 0 unspecified atom stereocenters. The summed E-state index contributed by atoms with van der Waals surface area (Å²) in [6, 6.07) is 1.93. The predicted octanol–water partition coefficient (Wildman–Crippen LogP) is 2.58. The van der Waals surface area contributed by atoms with E-state index < -0.39 is 5.41 Å². The van der Waals surface area contributed by atoms with Crippen LogP contribution in [0.4, 0.5) is 0 Å². The molecule has 0 radical (unpaired) electrons. The van der Waals surface area contributed by atoms with Crippen LogP contribution in [0.25, 0.3) is 0 Å². The van der Waals surface area contributed by atoms with Gasteiger partial charge >= 0.3 is 0 Å². The maximum atomic E-state index is 12.9. The monoisotopic (exact) mass is 331 g/mol. The fourth-order valence-corrected chi connectivity index (χ4v) is 3.73. The summed E-state index contributed by atoms with van der Waals surface area (Å²) in [6.45, 7) is 11.1. The molecular formula is C19H29N3O2. The molecule has 1 aliphatic carbocycles. The molecule has 2 atom stereocenters. The van der Waals surface area contributed by atoms with Gasteiger partial charge in [0, 0.05) is 31.4 Å². The first-order valence-corrected chi connectivity index (χ1v) is 8.69. The van der Waals surface area contributed by atoms with Gasteiger partial charge in [0.15, 0.2) is 0 Å². The number of aromatic nitrogens is 1. The molecule has 0 aromatic carbocycles. The summed E-state index contributed by atoms with van der Waals surface area (Å²) >= 11 is 0. The van der Waals surface area contributed by atoms with Crippen molar-refractivity contribution in [3.63, 3.8) is 0 Å². The number of carbonyl (C=O) groups excluding carboxylic acids is 2. The predicted molar refractivity (Wildman–Crippen MR) is 94.1 cm³/mol. The minimum absolute atomic E-state index is 0.0236. The minimum atomic E-state index is -0.552. The third-order valence-corrected chi connectivity index (χ3v) is 5.97. The number of nitrogens with zero attached hydrogens (tertiary/aromatic N) is 1. The molecule has 1 heterocycles. The maximum absolute atomic E-state index is 12.9. The van der Waals surface area contributed by atoms with Crippen LogP contribution in [0.2, 0.25) is 0 Å². The number of nitrogens with one attached hydrogen (secondary N) is 2. The molecule has 1 fully saturated rings. The van der Waals surface area contributed by atoms with E-state index in [2.05, 4.69) is 15.6 Å². The lowest BCUT2D eigenvalue weighted by Gasteiger charge is -2.40. The van der Waals surface area contributed by atoms with Gasteiger partial charge in [-0.1, -0.05) is 20.8 Å². The van der Waals surface area contributed by atoms with Gasteiger partial charge in [0.2, 0.25) is 11.8 Å². The number of carbonyl (C=O) groups is 2. The molecule has 0 spiro atoms. The van der Waals surface area contributed by atoms with Crippen molar-refractivity contribution in [2.75, 3.05) is 6.54 Å². The molecule has 2 rings (SSSR count). The van der Waals surface area contributed by atoms with E-state index in [4.69, 9.17) is 0 Å². The number of hydrogen-bond donors (Lipinski definition) is 2. The van der Waals surface area contributed by atoms with Gasteiger partial charge in [-0.05, 0) is 49.3 Å². The van der Waals surface area contributed by atoms with E-state index in [1.54, 1.807) is 12.4 Å². The van der Waals surface area contributed by atoms with Crippen molar-refractivity contribution in [1.82, 2.24) is 15.6 Å². The maximum Gasteiger partial charge on any atom is 0.226 e. The first-order valence-electron chi connectivity index (χ1n) is 8.69. The van der Waals surface area contributed by atoms with Gasteiger partial charge in [-0.25, -0.2) is 0 Å². The van der Waals surface area contributed by atoms with Crippen LogP contribution in [0.15, 0.2) is 18.5 Å². The Hall–Kier alpha value is -1.91. The average Bonchev–Trinajstić information content (AvgIpc) is 2.77. The van der Waals surface area contributed by atoms with E-state index in [0.717, 1.165) is 24.0 Å². The minimum Gasteiger partial charge on any atom is -0.356 e. The van der Waals surface area contributed by atoms with E-state index in [1.165, 1.54) is 0 Å². The lowest BCUT2D eigenvalue weighted by molar-refractivity contribution is -0.139. The Balaban J connectivity index is 2.11. The smallest absolute Gasteiger partial charge is 0.226 e. The molecule has 1 aliphatic rings. The molecule has 132 valence electrons. The third kappa shape index (κ3) is 3.17. The van der Waals surface area contributed by atoms with Crippen LogP contribution in [-0.2, 0) is 16.1 Å². The Morgan fingerprint density at radius 1 is 1.29 bits per heavy atom. The normalized spacial score (nSPS) is 25.3. The van der Waals surface area contributed by atoms with E-state index in [-0.39, 0.29) is 23.1 Å². The molecule has 24 heavy (non-hydrogen) atoms. The van der Waals surface area contributed by atoms with Gasteiger partial charge in [-0.3, -0.25) is 14.6 Å². The quantitative estimate of drug-likeness (QED) is 0.871. The summed E-state index contributed by atoms with van der Waals surface area (Å²) in [7, 11) is 0. The van der Waals surface area contributed by atoms with Crippen LogP contribution in [-0.4, -0.2) is 23.3 Å². The first kappa shape index (κ1) is 18.4. The van der Waals surface area contributed by atoms with Crippen LogP contribution in [0.3, 0.4) is 0 Å².